The van der Waals surface area contributed by atoms with Crippen LogP contribution in [0.4, 0.5) is 10.5 Å². The van der Waals surface area contributed by atoms with Gasteiger partial charge in [-0.05, 0) is 47.6 Å². The van der Waals surface area contributed by atoms with E-state index in [1.54, 1.807) is 12.0 Å². The lowest BCUT2D eigenvalue weighted by Gasteiger charge is -2.34. The van der Waals surface area contributed by atoms with E-state index in [2.05, 4.69) is 16.0 Å². The second-order valence-electron chi connectivity index (χ2n) is 10.5. The molecule has 1 saturated heterocycles. The summed E-state index contributed by atoms with van der Waals surface area (Å²) in [6.07, 6.45) is 1.50. The Morgan fingerprint density at radius 1 is 0.857 bits per heavy atom. The van der Waals surface area contributed by atoms with Crippen molar-refractivity contribution in [3.63, 3.8) is 0 Å². The smallest absolute Gasteiger partial charge is 0.319 e. The molecular weight excluding hydrogens is 528 g/mol. The predicted molar refractivity (Wildman–Crippen MR) is 164 cm³/mol. The summed E-state index contributed by atoms with van der Waals surface area (Å²) in [5.74, 6) is 0.411. The summed E-state index contributed by atoms with van der Waals surface area (Å²) in [4.78, 5) is 41.5. The Kier molecular flexibility index (Phi) is 9.33. The van der Waals surface area contributed by atoms with E-state index in [0.29, 0.717) is 44.6 Å². The molecule has 1 fully saturated rings. The van der Waals surface area contributed by atoms with Gasteiger partial charge in [-0.1, -0.05) is 78.9 Å². The number of benzene rings is 4. The third-order valence-electron chi connectivity index (χ3n) is 7.70. The van der Waals surface area contributed by atoms with Crippen molar-refractivity contribution in [1.29, 1.82) is 0 Å². The molecule has 4 aromatic rings. The normalized spacial score (nSPS) is 14.2. The number of likely N-dealkylation sites (tertiary alicyclic amines) is 1. The van der Waals surface area contributed by atoms with E-state index in [4.69, 9.17) is 4.74 Å². The molecule has 4 aromatic carbocycles. The molecule has 1 atom stereocenters. The van der Waals surface area contributed by atoms with Gasteiger partial charge in [0.05, 0.1) is 12.8 Å². The van der Waals surface area contributed by atoms with E-state index in [1.807, 2.05) is 97.1 Å². The molecule has 1 aliphatic heterocycles. The zero-order chi connectivity index (χ0) is 29.3. The van der Waals surface area contributed by atoms with Crippen molar-refractivity contribution >= 4 is 34.3 Å². The number of carbonyl (C=O) groups excluding carboxylic acids is 3. The van der Waals surface area contributed by atoms with Crippen molar-refractivity contribution in [2.45, 2.75) is 31.8 Å². The number of hydrogen-bond donors (Lipinski definition) is 3. The summed E-state index contributed by atoms with van der Waals surface area (Å²) in [6, 6.07) is 29.6. The number of ether oxygens (including phenoxy) is 1. The van der Waals surface area contributed by atoms with Gasteiger partial charge in [-0.25, -0.2) is 4.79 Å². The van der Waals surface area contributed by atoms with E-state index < -0.39 is 12.1 Å². The van der Waals surface area contributed by atoms with Gasteiger partial charge in [-0.3, -0.25) is 9.59 Å². The van der Waals surface area contributed by atoms with Crippen molar-refractivity contribution in [3.05, 3.63) is 108 Å². The fraction of sp³-hybridized carbons (Fsp3) is 0.265. The van der Waals surface area contributed by atoms with Gasteiger partial charge >= 0.3 is 6.03 Å². The largest absolute Gasteiger partial charge is 0.497 e. The zero-order valence-electron chi connectivity index (χ0n) is 23.7. The molecule has 8 heteroatoms. The number of methoxy groups -OCH3 is 1. The molecule has 1 aliphatic rings. The van der Waals surface area contributed by atoms with Gasteiger partial charge in [0.15, 0.2) is 0 Å². The van der Waals surface area contributed by atoms with E-state index in [9.17, 15) is 14.4 Å². The first-order valence-electron chi connectivity index (χ1n) is 14.3. The van der Waals surface area contributed by atoms with Crippen molar-refractivity contribution < 1.29 is 19.1 Å². The minimum Gasteiger partial charge on any atom is -0.497 e. The van der Waals surface area contributed by atoms with Crippen molar-refractivity contribution in [2.75, 3.05) is 25.5 Å². The Balaban J connectivity index is 1.20. The molecule has 0 spiro atoms. The van der Waals surface area contributed by atoms with Gasteiger partial charge in [0.25, 0.3) is 0 Å². The predicted octanol–water partition coefficient (Wildman–Crippen LogP) is 5.14. The number of urea groups is 1. The summed E-state index contributed by atoms with van der Waals surface area (Å²) in [5, 5.41) is 10.8. The second kappa shape index (κ2) is 13.7. The summed E-state index contributed by atoms with van der Waals surface area (Å²) >= 11 is 0. The van der Waals surface area contributed by atoms with E-state index in [0.717, 1.165) is 27.6 Å². The number of carbonyl (C=O) groups is 3. The highest BCUT2D eigenvalue weighted by Crippen LogP contribution is 2.23. The van der Waals surface area contributed by atoms with Crippen molar-refractivity contribution in [2.24, 2.45) is 5.92 Å². The molecule has 5 rings (SSSR count). The fourth-order valence-corrected chi connectivity index (χ4v) is 5.40. The first-order valence-corrected chi connectivity index (χ1v) is 14.3. The van der Waals surface area contributed by atoms with Gasteiger partial charge in [0.1, 0.15) is 11.8 Å². The van der Waals surface area contributed by atoms with Crippen molar-refractivity contribution in [1.82, 2.24) is 15.5 Å². The number of piperidine rings is 1. The van der Waals surface area contributed by atoms with Crippen LogP contribution in [0.15, 0.2) is 97.1 Å². The highest BCUT2D eigenvalue weighted by Gasteiger charge is 2.32. The molecule has 8 nitrogen and oxygen atoms in total. The molecular formula is C34H36N4O4. The topological polar surface area (TPSA) is 99.8 Å². The second-order valence-corrected chi connectivity index (χ2v) is 10.5. The Hall–Kier alpha value is -4.85. The molecule has 0 radical (unpaired) electrons. The SMILES string of the molecule is COc1cccc(CNC(=O)C2CCN(C(=O)[C@H](Cc3ccccc3)NC(=O)Nc3cccc4ccccc34)CC2)c1. The third kappa shape index (κ3) is 7.26. The molecule has 4 amide bonds. The van der Waals surface area contributed by atoms with E-state index >= 15 is 0 Å². The maximum absolute atomic E-state index is 13.7. The van der Waals surface area contributed by atoms with Gasteiger partial charge in [-0.15, -0.1) is 0 Å². The van der Waals surface area contributed by atoms with Crippen LogP contribution in [0.1, 0.15) is 24.0 Å². The molecule has 3 N–H and O–H groups in total. The Labute approximate surface area is 246 Å². The molecule has 1 heterocycles. The number of hydrogen-bond acceptors (Lipinski definition) is 4. The first kappa shape index (κ1) is 28.7. The minimum absolute atomic E-state index is 0.0154. The van der Waals surface area contributed by atoms with Crippen molar-refractivity contribution in [3.8, 4) is 5.75 Å². The first-order chi connectivity index (χ1) is 20.5. The van der Waals surface area contributed by atoms with E-state index in [-0.39, 0.29) is 17.7 Å². The van der Waals surface area contributed by atoms with Gasteiger partial charge in [-0.2, -0.15) is 0 Å². The Bertz CT molecular complexity index is 1530. The summed E-state index contributed by atoms with van der Waals surface area (Å²) < 4.78 is 5.26. The molecule has 216 valence electrons. The van der Waals surface area contributed by atoms with E-state index in [1.165, 1.54) is 0 Å². The number of amides is 4. The van der Waals surface area contributed by atoms with Crippen LogP contribution >= 0.6 is 0 Å². The quantitative estimate of drug-likeness (QED) is 0.262. The Morgan fingerprint density at radius 2 is 1.55 bits per heavy atom. The lowest BCUT2D eigenvalue weighted by molar-refractivity contribution is -0.137. The molecule has 0 unspecified atom stereocenters. The summed E-state index contributed by atoms with van der Waals surface area (Å²) in [5.41, 5.74) is 2.59. The summed E-state index contributed by atoms with van der Waals surface area (Å²) in [7, 11) is 1.62. The zero-order valence-corrected chi connectivity index (χ0v) is 23.7. The number of fused-ring (bicyclic) bond motifs is 1. The van der Waals surface area contributed by atoms with Gasteiger partial charge in [0.2, 0.25) is 11.8 Å². The molecule has 0 saturated carbocycles. The summed E-state index contributed by atoms with van der Waals surface area (Å²) in [6.45, 7) is 1.33. The maximum atomic E-state index is 13.7. The monoisotopic (exact) mass is 564 g/mol. The average molecular weight is 565 g/mol. The van der Waals surface area contributed by atoms with Crippen LogP contribution in [0, 0.1) is 5.92 Å². The lowest BCUT2D eigenvalue weighted by atomic mass is 9.94. The lowest BCUT2D eigenvalue weighted by Crippen LogP contribution is -2.53. The fourth-order valence-electron chi connectivity index (χ4n) is 5.40. The Morgan fingerprint density at radius 3 is 2.33 bits per heavy atom. The third-order valence-corrected chi connectivity index (χ3v) is 7.70. The van der Waals surface area contributed by atoms with Crippen LogP contribution in [-0.2, 0) is 22.6 Å². The minimum atomic E-state index is -0.749. The maximum Gasteiger partial charge on any atom is 0.319 e. The number of anilines is 1. The van der Waals surface area contributed by atoms with Crippen LogP contribution in [-0.4, -0.2) is 49.0 Å². The van der Waals surface area contributed by atoms with Gasteiger partial charge < -0.3 is 25.6 Å². The molecule has 0 aliphatic carbocycles. The number of rotatable bonds is 9. The number of nitrogens with one attached hydrogen (secondary N) is 3. The molecule has 0 aromatic heterocycles. The van der Waals surface area contributed by atoms with Crippen LogP contribution in [0.2, 0.25) is 0 Å². The van der Waals surface area contributed by atoms with Crippen LogP contribution < -0.4 is 20.7 Å². The molecule has 42 heavy (non-hydrogen) atoms. The average Bonchev–Trinajstić information content (AvgIpc) is 3.04. The highest BCUT2D eigenvalue weighted by molar-refractivity contribution is 6.02. The van der Waals surface area contributed by atoms with Crippen LogP contribution in [0.3, 0.4) is 0 Å². The standard InChI is InChI=1S/C34H36N4O4/c1-42-28-14-7-11-25(21-28)23-35-32(39)27-17-19-38(20-18-27)33(40)31(22-24-9-3-2-4-10-24)37-34(41)36-30-16-8-13-26-12-5-6-15-29(26)30/h2-16,21,27,31H,17-20,22-23H2,1H3,(H,35,39)(H2,36,37,41)/t31-/m0/s1. The number of nitrogens with zero attached hydrogens (tertiary/aromatic N) is 1. The van der Waals surface area contributed by atoms with Gasteiger partial charge in [0, 0.05) is 37.4 Å². The molecule has 0 bridgehead atoms. The highest BCUT2D eigenvalue weighted by atomic mass is 16.5. The van der Waals surface area contributed by atoms with Crippen LogP contribution in [0.5, 0.6) is 5.75 Å². The van der Waals surface area contributed by atoms with Crippen LogP contribution in [0.25, 0.3) is 10.8 Å².